The van der Waals surface area contributed by atoms with Gasteiger partial charge in [-0.05, 0) is 60.8 Å². The van der Waals surface area contributed by atoms with Crippen LogP contribution in [0.15, 0.2) is 18.2 Å². The van der Waals surface area contributed by atoms with Gasteiger partial charge in [-0.1, -0.05) is 18.0 Å². The quantitative estimate of drug-likeness (QED) is 0.651. The summed E-state index contributed by atoms with van der Waals surface area (Å²) in [6, 6.07) is 4.49. The van der Waals surface area contributed by atoms with Crippen molar-refractivity contribution in [2.45, 2.75) is 31.7 Å². The Hall–Kier alpha value is -0.640. The first kappa shape index (κ1) is 12.4. The molecule has 2 bridgehead atoms. The lowest BCUT2D eigenvalue weighted by molar-refractivity contribution is 0.252. The maximum atomic E-state index is 13.4. The molecule has 2 aliphatic carbocycles. The number of hydrogen-bond donors (Lipinski definition) is 2. The fraction of sp³-hybridized carbons (Fsp3) is 0.571. The molecule has 3 N–H and O–H groups in total. The highest BCUT2D eigenvalue weighted by Crippen LogP contribution is 2.52. The van der Waals surface area contributed by atoms with E-state index in [-0.39, 0.29) is 11.9 Å². The van der Waals surface area contributed by atoms with Gasteiger partial charge in [-0.2, -0.15) is 0 Å². The molecule has 0 heterocycles. The maximum absolute atomic E-state index is 13.4. The Morgan fingerprint density at radius 3 is 2.78 bits per heavy atom. The molecule has 2 saturated carbocycles. The topological polar surface area (TPSA) is 38.0 Å². The molecule has 2 nitrogen and oxygen atoms in total. The van der Waals surface area contributed by atoms with Crippen LogP contribution in [0, 0.1) is 23.6 Å². The van der Waals surface area contributed by atoms with Crippen molar-refractivity contribution in [3.8, 4) is 0 Å². The minimum absolute atomic E-state index is 0.0245. The monoisotopic (exact) mass is 268 g/mol. The number of halogens is 2. The molecule has 0 amide bonds. The molecule has 3 rings (SSSR count). The molecule has 18 heavy (non-hydrogen) atoms. The molecule has 4 unspecified atom stereocenters. The van der Waals surface area contributed by atoms with Gasteiger partial charge in [0.15, 0.2) is 0 Å². The van der Waals surface area contributed by atoms with Crippen molar-refractivity contribution in [1.82, 2.24) is 5.43 Å². The zero-order valence-electron chi connectivity index (χ0n) is 10.2. The van der Waals surface area contributed by atoms with Crippen molar-refractivity contribution in [2.75, 3.05) is 0 Å². The predicted octanol–water partition coefficient (Wildman–Crippen LogP) is 3.42. The van der Waals surface area contributed by atoms with Crippen LogP contribution in [0.2, 0.25) is 5.02 Å². The van der Waals surface area contributed by atoms with Crippen LogP contribution in [0.25, 0.3) is 0 Å². The Morgan fingerprint density at radius 2 is 2.17 bits per heavy atom. The molecule has 0 radical (unpaired) electrons. The molecule has 2 fully saturated rings. The van der Waals surface area contributed by atoms with E-state index in [9.17, 15) is 4.39 Å². The van der Waals surface area contributed by atoms with Gasteiger partial charge in [-0.3, -0.25) is 11.3 Å². The first-order valence-corrected chi connectivity index (χ1v) is 6.98. The molecule has 98 valence electrons. The van der Waals surface area contributed by atoms with E-state index in [0.29, 0.717) is 10.9 Å². The average Bonchev–Trinajstić information content (AvgIpc) is 2.97. The molecular weight excluding hydrogens is 251 g/mol. The zero-order valence-corrected chi connectivity index (χ0v) is 11.0. The van der Waals surface area contributed by atoms with Gasteiger partial charge in [-0.25, -0.2) is 4.39 Å². The van der Waals surface area contributed by atoms with Crippen LogP contribution < -0.4 is 11.3 Å². The van der Waals surface area contributed by atoms with E-state index in [4.69, 9.17) is 17.4 Å². The van der Waals surface area contributed by atoms with Gasteiger partial charge in [-0.15, -0.1) is 0 Å². The van der Waals surface area contributed by atoms with Gasteiger partial charge >= 0.3 is 0 Å². The summed E-state index contributed by atoms with van der Waals surface area (Å²) in [7, 11) is 0. The summed E-state index contributed by atoms with van der Waals surface area (Å²) in [5.74, 6) is 7.50. The molecule has 4 atom stereocenters. The van der Waals surface area contributed by atoms with E-state index >= 15 is 0 Å². The fourth-order valence-electron chi connectivity index (χ4n) is 3.90. The number of hydrogen-bond acceptors (Lipinski definition) is 2. The third kappa shape index (κ3) is 2.04. The normalized spacial score (nSPS) is 31.8. The summed E-state index contributed by atoms with van der Waals surface area (Å²) in [5, 5.41) is 0.599. The van der Waals surface area contributed by atoms with Crippen molar-refractivity contribution >= 4 is 11.6 Å². The summed E-state index contributed by atoms with van der Waals surface area (Å²) in [6.07, 6.45) is 5.11. The van der Waals surface area contributed by atoms with Crippen LogP contribution in [-0.2, 0) is 0 Å². The van der Waals surface area contributed by atoms with E-state index in [1.807, 2.05) is 0 Å². The second kappa shape index (κ2) is 4.80. The summed E-state index contributed by atoms with van der Waals surface area (Å²) in [6.45, 7) is 0. The number of benzene rings is 1. The van der Waals surface area contributed by atoms with Gasteiger partial charge < -0.3 is 0 Å². The van der Waals surface area contributed by atoms with Crippen LogP contribution in [-0.4, -0.2) is 0 Å². The smallest absolute Gasteiger partial charge is 0.123 e. The Morgan fingerprint density at radius 1 is 1.33 bits per heavy atom. The van der Waals surface area contributed by atoms with Gasteiger partial charge in [0.1, 0.15) is 5.82 Å². The van der Waals surface area contributed by atoms with Crippen molar-refractivity contribution < 1.29 is 4.39 Å². The molecule has 0 saturated heterocycles. The molecule has 0 aliphatic heterocycles. The van der Waals surface area contributed by atoms with E-state index < -0.39 is 0 Å². The number of nitrogens with two attached hydrogens (primary N) is 1. The molecule has 1 aromatic rings. The Bertz CT molecular complexity index is 451. The standard InChI is InChI=1S/C14H18ClFN2/c15-13-4-3-10(16)7-12(13)14(18-17)11-6-8-1-2-9(11)5-8/h3-4,7-9,11,14,18H,1-2,5-6,17H2. The van der Waals surface area contributed by atoms with Crippen molar-refractivity contribution in [3.63, 3.8) is 0 Å². The fourth-order valence-corrected chi connectivity index (χ4v) is 4.13. The van der Waals surface area contributed by atoms with Crippen molar-refractivity contribution in [3.05, 3.63) is 34.6 Å². The third-order valence-corrected chi connectivity index (χ3v) is 5.04. The van der Waals surface area contributed by atoms with Gasteiger partial charge in [0, 0.05) is 5.02 Å². The minimum atomic E-state index is -0.252. The van der Waals surface area contributed by atoms with Crippen LogP contribution in [0.4, 0.5) is 4.39 Å². The van der Waals surface area contributed by atoms with Crippen LogP contribution in [0.1, 0.15) is 37.3 Å². The molecule has 2 aliphatic rings. The van der Waals surface area contributed by atoms with Gasteiger partial charge in [0.2, 0.25) is 0 Å². The van der Waals surface area contributed by atoms with E-state index in [0.717, 1.165) is 17.4 Å². The first-order valence-electron chi connectivity index (χ1n) is 6.60. The lowest BCUT2D eigenvalue weighted by Gasteiger charge is -2.30. The van der Waals surface area contributed by atoms with Crippen LogP contribution in [0.3, 0.4) is 0 Å². The second-order valence-corrected chi connectivity index (χ2v) is 6.06. The highest BCUT2D eigenvalue weighted by molar-refractivity contribution is 6.31. The van der Waals surface area contributed by atoms with E-state index in [1.54, 1.807) is 6.07 Å². The third-order valence-electron chi connectivity index (χ3n) is 4.69. The van der Waals surface area contributed by atoms with E-state index in [2.05, 4.69) is 5.43 Å². The number of fused-ring (bicyclic) bond motifs is 2. The van der Waals surface area contributed by atoms with Crippen molar-refractivity contribution in [1.29, 1.82) is 0 Å². The van der Waals surface area contributed by atoms with Gasteiger partial charge in [0.05, 0.1) is 6.04 Å². The van der Waals surface area contributed by atoms with Crippen LogP contribution >= 0.6 is 11.6 Å². The Balaban J connectivity index is 1.90. The number of nitrogens with one attached hydrogen (secondary N) is 1. The van der Waals surface area contributed by atoms with Crippen LogP contribution in [0.5, 0.6) is 0 Å². The molecule has 4 heteroatoms. The summed E-state index contributed by atoms with van der Waals surface area (Å²) >= 11 is 6.19. The van der Waals surface area contributed by atoms with Crippen molar-refractivity contribution in [2.24, 2.45) is 23.6 Å². The highest BCUT2D eigenvalue weighted by Gasteiger charge is 2.43. The Labute approximate surface area is 112 Å². The first-order chi connectivity index (χ1) is 8.69. The average molecular weight is 269 g/mol. The SMILES string of the molecule is NNC(c1cc(F)ccc1Cl)C1CC2CCC1C2. The molecule has 0 aromatic heterocycles. The lowest BCUT2D eigenvalue weighted by atomic mass is 9.80. The predicted molar refractivity (Wildman–Crippen MR) is 70.4 cm³/mol. The summed E-state index contributed by atoms with van der Waals surface area (Å²) in [5.41, 5.74) is 3.66. The maximum Gasteiger partial charge on any atom is 0.123 e. The second-order valence-electron chi connectivity index (χ2n) is 5.65. The summed E-state index contributed by atoms with van der Waals surface area (Å²) < 4.78 is 13.4. The zero-order chi connectivity index (χ0) is 12.7. The molecule has 0 spiro atoms. The molecule has 1 aromatic carbocycles. The number of rotatable bonds is 3. The van der Waals surface area contributed by atoms with E-state index in [1.165, 1.54) is 37.8 Å². The largest absolute Gasteiger partial charge is 0.271 e. The molecular formula is C14H18ClFN2. The summed E-state index contributed by atoms with van der Waals surface area (Å²) in [4.78, 5) is 0. The highest BCUT2D eigenvalue weighted by atomic mass is 35.5. The number of hydrazine groups is 1. The lowest BCUT2D eigenvalue weighted by Crippen LogP contribution is -2.36. The Kier molecular flexibility index (Phi) is 3.31. The van der Waals surface area contributed by atoms with Gasteiger partial charge in [0.25, 0.3) is 0 Å². The minimum Gasteiger partial charge on any atom is -0.271 e.